The van der Waals surface area contributed by atoms with Crippen LogP contribution in [-0.4, -0.2) is 34.6 Å². The molecule has 28 heavy (non-hydrogen) atoms. The van der Waals surface area contributed by atoms with Crippen LogP contribution in [0.5, 0.6) is 0 Å². The molecule has 0 aliphatic rings. The molecule has 0 atom stereocenters. The van der Waals surface area contributed by atoms with Gasteiger partial charge in [-0.2, -0.15) is 0 Å². The van der Waals surface area contributed by atoms with E-state index in [1.165, 1.54) is 24.8 Å². The predicted molar refractivity (Wildman–Crippen MR) is 114 cm³/mol. The fourth-order valence-electron chi connectivity index (χ4n) is 2.54. The lowest BCUT2D eigenvalue weighted by Crippen LogP contribution is -2.27. The van der Waals surface area contributed by atoms with Crippen LogP contribution in [-0.2, 0) is 21.2 Å². The molecule has 0 saturated carbocycles. The van der Waals surface area contributed by atoms with Gasteiger partial charge in [0.05, 0.1) is 17.1 Å². The van der Waals surface area contributed by atoms with E-state index in [4.69, 9.17) is 4.74 Å². The molecular weight excluding hydrogens is 444 g/mol. The van der Waals surface area contributed by atoms with E-state index >= 15 is 0 Å². The van der Waals surface area contributed by atoms with E-state index < -0.39 is 10.0 Å². The number of hydrogen-bond donors (Lipinski definition) is 2. The van der Waals surface area contributed by atoms with E-state index in [1.54, 1.807) is 6.07 Å². The Labute approximate surface area is 174 Å². The van der Waals surface area contributed by atoms with Crippen LogP contribution in [0.25, 0.3) is 0 Å². The molecule has 2 N–H and O–H groups in total. The van der Waals surface area contributed by atoms with E-state index in [1.807, 2.05) is 24.3 Å². The Kier molecular flexibility index (Phi) is 8.62. The molecule has 8 heteroatoms. The maximum Gasteiger partial charge on any atom is 0.256 e. The number of ether oxygens (including phenoxy) is 1. The zero-order valence-electron chi connectivity index (χ0n) is 16.0. The molecule has 0 saturated heterocycles. The minimum atomic E-state index is -3.72. The predicted octanol–water partition coefficient (Wildman–Crippen LogP) is 3.97. The van der Waals surface area contributed by atoms with Crippen LogP contribution in [0, 0.1) is 0 Å². The standard InChI is InChI=1S/C20H25BrN2O4S/c1-3-4-5-15-6-8-16(9-7-15)23-20(24)18-14-17(10-11-19(18)21)28(25,26)22-12-13-27-2/h6-11,14,22H,3-5,12-13H2,1-2H3,(H,23,24). The Balaban J connectivity index is 2.14. The number of anilines is 1. The van der Waals surface area contributed by atoms with Crippen LogP contribution < -0.4 is 10.0 Å². The molecule has 0 fully saturated rings. The molecule has 0 aliphatic carbocycles. The SMILES string of the molecule is CCCCc1ccc(NC(=O)c2cc(S(=O)(=O)NCCOC)ccc2Br)cc1. The normalized spacial score (nSPS) is 11.4. The maximum absolute atomic E-state index is 12.7. The molecule has 0 unspecified atom stereocenters. The summed E-state index contributed by atoms with van der Waals surface area (Å²) >= 11 is 3.32. The van der Waals surface area contributed by atoms with E-state index in [0.717, 1.165) is 19.3 Å². The van der Waals surface area contributed by atoms with E-state index in [-0.39, 0.29) is 29.5 Å². The summed E-state index contributed by atoms with van der Waals surface area (Å²) in [4.78, 5) is 12.7. The second-order valence-corrected chi connectivity index (χ2v) is 8.91. The van der Waals surface area contributed by atoms with Crippen LogP contribution in [0.2, 0.25) is 0 Å². The number of methoxy groups -OCH3 is 1. The second kappa shape index (κ2) is 10.7. The first-order valence-corrected chi connectivity index (χ1v) is 11.3. The van der Waals surface area contributed by atoms with Gasteiger partial charge >= 0.3 is 0 Å². The van der Waals surface area contributed by atoms with Crippen molar-refractivity contribution in [2.45, 2.75) is 31.1 Å². The van der Waals surface area contributed by atoms with Crippen molar-refractivity contribution in [3.8, 4) is 0 Å². The Morgan fingerprint density at radius 1 is 1.14 bits per heavy atom. The van der Waals surface area contributed by atoms with Crippen molar-refractivity contribution in [1.29, 1.82) is 0 Å². The maximum atomic E-state index is 12.7. The van der Waals surface area contributed by atoms with Gasteiger partial charge in [-0.05, 0) is 64.7 Å². The molecule has 2 aromatic carbocycles. The number of sulfonamides is 1. The third-order valence-electron chi connectivity index (χ3n) is 4.12. The van der Waals surface area contributed by atoms with Crippen molar-refractivity contribution in [3.05, 3.63) is 58.1 Å². The molecule has 0 bridgehead atoms. The molecule has 6 nitrogen and oxygen atoms in total. The van der Waals surface area contributed by atoms with Gasteiger partial charge in [0, 0.05) is 23.8 Å². The summed E-state index contributed by atoms with van der Waals surface area (Å²) in [6.07, 6.45) is 3.26. The molecular formula is C20H25BrN2O4S. The fourth-order valence-corrected chi connectivity index (χ4v) is 4.01. The fraction of sp³-hybridized carbons (Fsp3) is 0.350. The second-order valence-electron chi connectivity index (χ2n) is 6.29. The summed E-state index contributed by atoms with van der Waals surface area (Å²) in [6, 6.07) is 12.0. The molecule has 2 rings (SSSR count). The van der Waals surface area contributed by atoms with Gasteiger partial charge in [0.15, 0.2) is 0 Å². The number of halogens is 1. The highest BCUT2D eigenvalue weighted by atomic mass is 79.9. The van der Waals surface area contributed by atoms with Crippen LogP contribution in [0.1, 0.15) is 35.7 Å². The monoisotopic (exact) mass is 468 g/mol. The van der Waals surface area contributed by atoms with Crippen molar-refractivity contribution in [2.75, 3.05) is 25.6 Å². The average Bonchev–Trinajstić information content (AvgIpc) is 2.67. The van der Waals surface area contributed by atoms with E-state index in [0.29, 0.717) is 10.2 Å². The molecule has 1 amide bonds. The summed E-state index contributed by atoms with van der Waals surface area (Å²) < 4.78 is 32.5. The smallest absolute Gasteiger partial charge is 0.256 e. The summed E-state index contributed by atoms with van der Waals surface area (Å²) in [7, 11) is -2.23. The minimum Gasteiger partial charge on any atom is -0.383 e. The molecule has 0 aromatic heterocycles. The van der Waals surface area contributed by atoms with Crippen molar-refractivity contribution < 1.29 is 17.9 Å². The van der Waals surface area contributed by atoms with Gasteiger partial charge in [-0.15, -0.1) is 0 Å². The molecule has 0 heterocycles. The van der Waals surface area contributed by atoms with Gasteiger partial charge < -0.3 is 10.1 Å². The van der Waals surface area contributed by atoms with Gasteiger partial charge in [-0.3, -0.25) is 4.79 Å². The number of nitrogens with one attached hydrogen (secondary N) is 2. The molecule has 0 aliphatic heterocycles. The van der Waals surface area contributed by atoms with Crippen LogP contribution in [0.3, 0.4) is 0 Å². The third-order valence-corrected chi connectivity index (χ3v) is 6.27. The van der Waals surface area contributed by atoms with Gasteiger partial charge in [0.25, 0.3) is 5.91 Å². The third kappa shape index (κ3) is 6.41. The average molecular weight is 469 g/mol. The molecule has 2 aromatic rings. The minimum absolute atomic E-state index is 0.0202. The first kappa shape index (κ1) is 22.5. The van der Waals surface area contributed by atoms with E-state index in [9.17, 15) is 13.2 Å². The van der Waals surface area contributed by atoms with Gasteiger partial charge in [0.1, 0.15) is 0 Å². The topological polar surface area (TPSA) is 84.5 Å². The summed E-state index contributed by atoms with van der Waals surface area (Å²) in [5.74, 6) is -0.387. The number of rotatable bonds is 10. The number of carbonyl (C=O) groups is 1. The number of carbonyl (C=O) groups excluding carboxylic acids is 1. The Morgan fingerprint density at radius 3 is 2.50 bits per heavy atom. The van der Waals surface area contributed by atoms with Crippen molar-refractivity contribution >= 4 is 37.5 Å². The highest BCUT2D eigenvalue weighted by molar-refractivity contribution is 9.10. The zero-order chi connectivity index (χ0) is 20.6. The van der Waals surface area contributed by atoms with Crippen molar-refractivity contribution in [3.63, 3.8) is 0 Å². The lowest BCUT2D eigenvalue weighted by atomic mass is 10.1. The molecule has 0 spiro atoms. The van der Waals surface area contributed by atoms with Crippen LogP contribution in [0.4, 0.5) is 5.69 Å². The Bertz CT molecular complexity index is 899. The zero-order valence-corrected chi connectivity index (χ0v) is 18.4. The molecule has 152 valence electrons. The quantitative estimate of drug-likeness (QED) is 0.516. The van der Waals surface area contributed by atoms with Gasteiger partial charge in [0.2, 0.25) is 10.0 Å². The number of unbranched alkanes of at least 4 members (excludes halogenated alkanes) is 1. The number of aryl methyl sites for hydroxylation is 1. The van der Waals surface area contributed by atoms with Gasteiger partial charge in [-0.1, -0.05) is 25.5 Å². The summed E-state index contributed by atoms with van der Waals surface area (Å²) in [5, 5.41) is 2.81. The lowest BCUT2D eigenvalue weighted by molar-refractivity contribution is 0.102. The van der Waals surface area contributed by atoms with Crippen LogP contribution in [0.15, 0.2) is 51.8 Å². The van der Waals surface area contributed by atoms with E-state index in [2.05, 4.69) is 32.9 Å². The number of hydrogen-bond acceptors (Lipinski definition) is 4. The largest absolute Gasteiger partial charge is 0.383 e. The van der Waals surface area contributed by atoms with Crippen molar-refractivity contribution in [2.24, 2.45) is 0 Å². The van der Waals surface area contributed by atoms with Crippen molar-refractivity contribution in [1.82, 2.24) is 4.72 Å². The summed E-state index contributed by atoms with van der Waals surface area (Å²) in [5.41, 5.74) is 2.12. The summed E-state index contributed by atoms with van der Waals surface area (Å²) in [6.45, 7) is 2.56. The highest BCUT2D eigenvalue weighted by Crippen LogP contribution is 2.22. The lowest BCUT2D eigenvalue weighted by Gasteiger charge is -2.11. The number of amides is 1. The van der Waals surface area contributed by atoms with Gasteiger partial charge in [-0.25, -0.2) is 13.1 Å². The first-order chi connectivity index (χ1) is 13.4. The first-order valence-electron chi connectivity index (χ1n) is 9.06. The Hall–Kier alpha value is -1.74. The molecule has 0 radical (unpaired) electrons. The van der Waals surface area contributed by atoms with Crippen LogP contribution >= 0.6 is 15.9 Å². The highest BCUT2D eigenvalue weighted by Gasteiger charge is 2.18. The number of benzene rings is 2. The Morgan fingerprint density at radius 2 is 1.86 bits per heavy atom.